The van der Waals surface area contributed by atoms with Crippen molar-refractivity contribution in [2.75, 3.05) is 33.3 Å². The number of hydrogen-bond donors (Lipinski definition) is 2. The number of halogens is 3. The third-order valence-corrected chi connectivity index (χ3v) is 4.21. The molecule has 2 N–H and O–H groups in total. The highest BCUT2D eigenvalue weighted by molar-refractivity contribution is 14.0. The second-order valence-electron chi connectivity index (χ2n) is 6.13. The maximum atomic E-state index is 13.2. The van der Waals surface area contributed by atoms with Crippen LogP contribution in [0.1, 0.15) is 25.3 Å². The van der Waals surface area contributed by atoms with Gasteiger partial charge in [0.25, 0.3) is 0 Å². The van der Waals surface area contributed by atoms with E-state index >= 15 is 0 Å². The Bertz CT molecular complexity index is 618. The smallest absolute Gasteiger partial charge is 0.409 e. The summed E-state index contributed by atoms with van der Waals surface area (Å²) in [7, 11) is 1.67. The maximum absolute atomic E-state index is 13.2. The minimum Gasteiger partial charge on any atom is -0.450 e. The zero-order chi connectivity index (χ0) is 18.9. The highest BCUT2D eigenvalue weighted by Crippen LogP contribution is 2.11. The number of amides is 1. The first-order valence-electron chi connectivity index (χ1n) is 8.85. The Balaban J connectivity index is 0.00000364. The van der Waals surface area contributed by atoms with E-state index in [0.717, 1.165) is 18.9 Å². The van der Waals surface area contributed by atoms with Crippen LogP contribution in [-0.2, 0) is 11.2 Å². The molecule has 27 heavy (non-hydrogen) atoms. The minimum absolute atomic E-state index is 0. The number of rotatable bonds is 5. The number of nitrogens with zero attached hydrogens (tertiary/aromatic N) is 2. The van der Waals surface area contributed by atoms with Gasteiger partial charge in [-0.1, -0.05) is 0 Å². The summed E-state index contributed by atoms with van der Waals surface area (Å²) in [4.78, 5) is 17.6. The van der Waals surface area contributed by atoms with Crippen LogP contribution >= 0.6 is 24.0 Å². The second-order valence-corrected chi connectivity index (χ2v) is 6.13. The molecule has 9 heteroatoms. The highest BCUT2D eigenvalue weighted by atomic mass is 127. The second kappa shape index (κ2) is 11.9. The molecule has 0 bridgehead atoms. The fourth-order valence-corrected chi connectivity index (χ4v) is 2.89. The Morgan fingerprint density at radius 3 is 2.44 bits per heavy atom. The first kappa shape index (κ1) is 23.4. The maximum Gasteiger partial charge on any atom is 0.409 e. The van der Waals surface area contributed by atoms with Crippen LogP contribution in [0, 0.1) is 11.6 Å². The van der Waals surface area contributed by atoms with Crippen LogP contribution in [0.15, 0.2) is 23.2 Å². The fourth-order valence-electron chi connectivity index (χ4n) is 2.89. The predicted octanol–water partition coefficient (Wildman–Crippen LogP) is 2.91. The Labute approximate surface area is 175 Å². The van der Waals surface area contributed by atoms with E-state index in [9.17, 15) is 13.6 Å². The molecule has 0 aliphatic carbocycles. The van der Waals surface area contributed by atoms with Crippen LogP contribution in [0.3, 0.4) is 0 Å². The molecule has 2 rings (SSSR count). The summed E-state index contributed by atoms with van der Waals surface area (Å²) < 4.78 is 31.4. The molecule has 1 amide bonds. The molecule has 1 heterocycles. The van der Waals surface area contributed by atoms with Gasteiger partial charge in [0.15, 0.2) is 5.96 Å². The van der Waals surface area contributed by atoms with Crippen molar-refractivity contribution in [3.63, 3.8) is 0 Å². The van der Waals surface area contributed by atoms with E-state index in [1.807, 2.05) is 0 Å². The largest absolute Gasteiger partial charge is 0.450 e. The van der Waals surface area contributed by atoms with Crippen molar-refractivity contribution < 1.29 is 18.3 Å². The number of hydrogen-bond acceptors (Lipinski definition) is 3. The van der Waals surface area contributed by atoms with Gasteiger partial charge in [0.2, 0.25) is 0 Å². The Morgan fingerprint density at radius 2 is 1.89 bits per heavy atom. The van der Waals surface area contributed by atoms with Crippen LogP contribution in [-0.4, -0.2) is 56.3 Å². The number of carbonyl (C=O) groups excluding carboxylic acids is 1. The van der Waals surface area contributed by atoms with E-state index in [1.165, 1.54) is 12.1 Å². The van der Waals surface area contributed by atoms with Crippen LogP contribution in [0.2, 0.25) is 0 Å². The molecule has 1 fully saturated rings. The Morgan fingerprint density at radius 1 is 1.26 bits per heavy atom. The molecule has 0 radical (unpaired) electrons. The average molecular weight is 496 g/mol. The van der Waals surface area contributed by atoms with Crippen LogP contribution in [0.4, 0.5) is 13.6 Å². The third kappa shape index (κ3) is 7.86. The summed E-state index contributed by atoms with van der Waals surface area (Å²) in [5, 5.41) is 6.47. The summed E-state index contributed by atoms with van der Waals surface area (Å²) in [6.45, 7) is 3.94. The number of ether oxygens (including phenoxy) is 1. The van der Waals surface area contributed by atoms with Gasteiger partial charge in [-0.3, -0.25) is 4.99 Å². The zero-order valence-electron chi connectivity index (χ0n) is 15.6. The van der Waals surface area contributed by atoms with E-state index in [1.54, 1.807) is 18.9 Å². The number of nitrogens with one attached hydrogen (secondary N) is 2. The lowest BCUT2D eigenvalue weighted by atomic mass is 10.1. The first-order valence-corrected chi connectivity index (χ1v) is 8.85. The van der Waals surface area contributed by atoms with Crippen molar-refractivity contribution in [3.8, 4) is 0 Å². The van der Waals surface area contributed by atoms with Gasteiger partial charge in [0.05, 0.1) is 6.61 Å². The minimum atomic E-state index is -0.573. The number of guanidine groups is 1. The summed E-state index contributed by atoms with van der Waals surface area (Å²) in [5.74, 6) is -0.511. The van der Waals surface area contributed by atoms with Crippen molar-refractivity contribution in [1.82, 2.24) is 15.5 Å². The molecule has 1 aromatic rings. The first-order chi connectivity index (χ1) is 12.5. The molecule has 152 valence electrons. The summed E-state index contributed by atoms with van der Waals surface area (Å²) in [6, 6.07) is 3.72. The molecule has 0 unspecified atom stereocenters. The van der Waals surface area contributed by atoms with E-state index in [2.05, 4.69) is 15.6 Å². The van der Waals surface area contributed by atoms with Gasteiger partial charge >= 0.3 is 6.09 Å². The lowest BCUT2D eigenvalue weighted by molar-refractivity contribution is 0.0963. The van der Waals surface area contributed by atoms with Gasteiger partial charge in [-0.25, -0.2) is 13.6 Å². The molecule has 1 aliphatic heterocycles. The van der Waals surface area contributed by atoms with Crippen LogP contribution in [0.5, 0.6) is 0 Å². The van der Waals surface area contributed by atoms with Gasteiger partial charge in [0, 0.05) is 38.8 Å². The number of aliphatic imine (C=N–C) groups is 1. The molecule has 0 aromatic heterocycles. The number of carbonyl (C=O) groups is 1. The zero-order valence-corrected chi connectivity index (χ0v) is 18.0. The van der Waals surface area contributed by atoms with E-state index in [4.69, 9.17) is 4.74 Å². The van der Waals surface area contributed by atoms with Crippen LogP contribution in [0.25, 0.3) is 0 Å². The lowest BCUT2D eigenvalue weighted by Gasteiger charge is -2.32. The lowest BCUT2D eigenvalue weighted by Crippen LogP contribution is -2.50. The molecular weight excluding hydrogens is 469 g/mol. The fraction of sp³-hybridized carbons (Fsp3) is 0.556. The molecule has 0 saturated carbocycles. The van der Waals surface area contributed by atoms with E-state index in [0.29, 0.717) is 44.2 Å². The average Bonchev–Trinajstić information content (AvgIpc) is 2.61. The molecule has 1 aliphatic rings. The Hall–Kier alpha value is -1.65. The standard InChI is InChI=1S/C18H26F2N4O2.HI/c1-3-26-18(25)24-8-5-16(6-9-24)23-17(21-2)22-7-4-13-10-14(19)12-15(20)11-13;/h10-12,16H,3-9H2,1-2H3,(H2,21,22,23);1H. The molecule has 6 nitrogen and oxygen atoms in total. The predicted molar refractivity (Wildman–Crippen MR) is 112 cm³/mol. The number of piperidine rings is 1. The van der Waals surface area contributed by atoms with Crippen molar-refractivity contribution in [2.45, 2.75) is 32.2 Å². The molecular formula is C18H27F2IN4O2. The van der Waals surface area contributed by atoms with Crippen molar-refractivity contribution in [1.29, 1.82) is 0 Å². The molecule has 1 saturated heterocycles. The van der Waals surface area contributed by atoms with Gasteiger partial charge in [-0.05, 0) is 43.9 Å². The SMILES string of the molecule is CCOC(=O)N1CCC(NC(=NC)NCCc2cc(F)cc(F)c2)CC1.I. The van der Waals surface area contributed by atoms with E-state index in [-0.39, 0.29) is 36.1 Å². The number of benzene rings is 1. The monoisotopic (exact) mass is 496 g/mol. The normalized spacial score (nSPS) is 15.1. The van der Waals surface area contributed by atoms with Crippen molar-refractivity contribution >= 4 is 36.0 Å². The third-order valence-electron chi connectivity index (χ3n) is 4.21. The van der Waals surface area contributed by atoms with Crippen molar-refractivity contribution in [3.05, 3.63) is 35.4 Å². The molecule has 1 aromatic carbocycles. The van der Waals surface area contributed by atoms with Gasteiger partial charge < -0.3 is 20.3 Å². The molecule has 0 spiro atoms. The van der Waals surface area contributed by atoms with E-state index < -0.39 is 11.6 Å². The number of likely N-dealkylation sites (tertiary alicyclic amines) is 1. The molecule has 0 atom stereocenters. The van der Waals surface area contributed by atoms with Crippen LogP contribution < -0.4 is 10.6 Å². The highest BCUT2D eigenvalue weighted by Gasteiger charge is 2.23. The quantitative estimate of drug-likeness (QED) is 0.374. The van der Waals surface area contributed by atoms with Gasteiger partial charge in [-0.15, -0.1) is 24.0 Å². The summed E-state index contributed by atoms with van der Waals surface area (Å²) in [6.07, 6.45) is 1.82. The van der Waals surface area contributed by atoms with Gasteiger partial charge in [-0.2, -0.15) is 0 Å². The van der Waals surface area contributed by atoms with Crippen molar-refractivity contribution in [2.24, 2.45) is 4.99 Å². The topological polar surface area (TPSA) is 66.0 Å². The Kier molecular flexibility index (Phi) is 10.3. The summed E-state index contributed by atoms with van der Waals surface area (Å²) in [5.41, 5.74) is 0.591. The van der Waals surface area contributed by atoms with Gasteiger partial charge in [0.1, 0.15) is 11.6 Å². The summed E-state index contributed by atoms with van der Waals surface area (Å²) >= 11 is 0.